The van der Waals surface area contributed by atoms with E-state index < -0.39 is 16.7 Å². The summed E-state index contributed by atoms with van der Waals surface area (Å²) in [6, 6.07) is 8.01. The predicted molar refractivity (Wildman–Crippen MR) is 122 cm³/mol. The average molecular weight is 555 g/mol. The number of thiocarbonyl (C=S) groups is 1. The van der Waals surface area contributed by atoms with Gasteiger partial charge in [-0.1, -0.05) is 15.9 Å². The van der Waals surface area contributed by atoms with Crippen molar-refractivity contribution in [3.8, 4) is 5.75 Å². The number of aryl methyl sites for hydroxylation is 1. The molecule has 0 unspecified atom stereocenters. The molecule has 154 valence electrons. The Morgan fingerprint density at radius 3 is 2.53 bits per heavy atom. The highest BCUT2D eigenvalue weighted by atomic mass is 79.9. The summed E-state index contributed by atoms with van der Waals surface area (Å²) in [6.45, 7) is 1.81. The molecule has 3 rings (SSSR count). The van der Waals surface area contributed by atoms with Crippen molar-refractivity contribution >= 4 is 78.5 Å². The van der Waals surface area contributed by atoms with Crippen molar-refractivity contribution in [3.63, 3.8) is 0 Å². The summed E-state index contributed by atoms with van der Waals surface area (Å²) in [7, 11) is 1.31. The Morgan fingerprint density at radius 1 is 1.23 bits per heavy atom. The Labute approximate surface area is 193 Å². The van der Waals surface area contributed by atoms with Gasteiger partial charge in [-0.05, 0) is 76.5 Å². The Bertz CT molecular complexity index is 1150. The molecule has 1 heterocycles. The number of ether oxygens (including phenoxy) is 1. The maximum atomic E-state index is 13.1. The fraction of sp³-hybridized carbons (Fsp3) is 0.105. The van der Waals surface area contributed by atoms with Crippen LogP contribution in [0, 0.1) is 17.0 Å². The number of carbonyl (C=O) groups is 2. The first-order valence-electron chi connectivity index (χ1n) is 8.33. The van der Waals surface area contributed by atoms with Crippen molar-refractivity contribution in [1.82, 2.24) is 5.32 Å². The maximum Gasteiger partial charge on any atom is 0.312 e. The highest BCUT2D eigenvalue weighted by Crippen LogP contribution is 2.37. The maximum absolute atomic E-state index is 13.1. The zero-order valence-corrected chi connectivity index (χ0v) is 19.6. The summed E-state index contributed by atoms with van der Waals surface area (Å²) in [6.07, 6.45) is 1.28. The number of methoxy groups -OCH3 is 1. The second-order valence-corrected chi connectivity index (χ2v) is 8.36. The van der Waals surface area contributed by atoms with Gasteiger partial charge in [-0.3, -0.25) is 29.9 Å². The van der Waals surface area contributed by atoms with E-state index in [9.17, 15) is 19.7 Å². The van der Waals surface area contributed by atoms with E-state index in [1.165, 1.54) is 30.2 Å². The number of hydrogen-bond donors (Lipinski definition) is 1. The number of anilines is 1. The molecule has 1 fully saturated rings. The van der Waals surface area contributed by atoms with Gasteiger partial charge in [0.2, 0.25) is 5.75 Å². The number of nitrogens with zero attached hydrogens (tertiary/aromatic N) is 2. The Morgan fingerprint density at radius 2 is 1.93 bits per heavy atom. The zero-order chi connectivity index (χ0) is 22.2. The summed E-state index contributed by atoms with van der Waals surface area (Å²) in [5.41, 5.74) is 1.03. The van der Waals surface area contributed by atoms with E-state index in [2.05, 4.69) is 37.2 Å². The highest BCUT2D eigenvalue weighted by molar-refractivity contribution is 9.10. The molecule has 0 radical (unpaired) electrons. The van der Waals surface area contributed by atoms with Crippen molar-refractivity contribution in [2.24, 2.45) is 0 Å². The van der Waals surface area contributed by atoms with Crippen LogP contribution >= 0.6 is 44.1 Å². The summed E-state index contributed by atoms with van der Waals surface area (Å²) in [5, 5.41) is 13.8. The Kier molecular flexibility index (Phi) is 6.34. The first-order chi connectivity index (χ1) is 14.1. The van der Waals surface area contributed by atoms with Gasteiger partial charge >= 0.3 is 5.69 Å². The molecule has 1 N–H and O–H groups in total. The van der Waals surface area contributed by atoms with E-state index in [1.54, 1.807) is 19.1 Å². The minimum Gasteiger partial charge on any atom is -0.489 e. The molecule has 2 amide bonds. The molecule has 0 aliphatic carbocycles. The molecule has 0 saturated carbocycles. The summed E-state index contributed by atoms with van der Waals surface area (Å²) < 4.78 is 6.19. The Balaban J connectivity index is 2.10. The van der Waals surface area contributed by atoms with Crippen LogP contribution in [0.3, 0.4) is 0 Å². The van der Waals surface area contributed by atoms with Crippen LogP contribution in [0.4, 0.5) is 11.4 Å². The lowest BCUT2D eigenvalue weighted by atomic mass is 10.1. The summed E-state index contributed by atoms with van der Waals surface area (Å²) >= 11 is 11.8. The minimum atomic E-state index is -0.689. The number of nitro groups is 1. The fourth-order valence-corrected chi connectivity index (χ4v) is 4.31. The van der Waals surface area contributed by atoms with Gasteiger partial charge in [0.25, 0.3) is 11.8 Å². The van der Waals surface area contributed by atoms with Gasteiger partial charge < -0.3 is 4.74 Å². The Hall–Kier alpha value is -2.63. The van der Waals surface area contributed by atoms with Gasteiger partial charge in [0, 0.05) is 10.5 Å². The van der Waals surface area contributed by atoms with E-state index >= 15 is 0 Å². The van der Waals surface area contributed by atoms with Crippen LogP contribution in [0.15, 0.2) is 44.9 Å². The number of rotatable bonds is 4. The molecule has 1 aliphatic rings. The van der Waals surface area contributed by atoms with Gasteiger partial charge in [-0.25, -0.2) is 0 Å². The molecule has 2 aromatic rings. The van der Waals surface area contributed by atoms with Crippen LogP contribution in [-0.2, 0) is 9.59 Å². The molecule has 8 nitrogen and oxygen atoms in total. The van der Waals surface area contributed by atoms with Gasteiger partial charge in [0.05, 0.1) is 22.2 Å². The van der Waals surface area contributed by atoms with Crippen LogP contribution in [-0.4, -0.2) is 29.0 Å². The fourth-order valence-electron chi connectivity index (χ4n) is 2.93. The quantitative estimate of drug-likeness (QED) is 0.199. The standard InChI is InChI=1S/C19H13Br2N3O5S/c1-9-5-11(20)3-4-14(9)23-18(26)12(17(25)22-19(23)30)6-10-7-13(21)16(29-2)15(8-10)24(27)28/h3-8H,1-2H3,(H,22,25,30)/b12-6+. The van der Waals surface area contributed by atoms with Crippen molar-refractivity contribution in [2.75, 3.05) is 12.0 Å². The van der Waals surface area contributed by atoms with Gasteiger partial charge in [-0.2, -0.15) is 0 Å². The lowest BCUT2D eigenvalue weighted by Gasteiger charge is -2.30. The monoisotopic (exact) mass is 553 g/mol. The molecule has 11 heteroatoms. The predicted octanol–water partition coefficient (Wildman–Crippen LogP) is 4.27. The van der Waals surface area contributed by atoms with E-state index in [1.807, 2.05) is 6.07 Å². The second-order valence-electron chi connectivity index (χ2n) is 6.20. The minimum absolute atomic E-state index is 0.0369. The lowest BCUT2D eigenvalue weighted by Crippen LogP contribution is -2.54. The van der Waals surface area contributed by atoms with E-state index in [-0.39, 0.29) is 27.7 Å². The molecular weight excluding hydrogens is 542 g/mol. The molecular formula is C19H13Br2N3O5S. The largest absolute Gasteiger partial charge is 0.489 e. The van der Waals surface area contributed by atoms with Crippen molar-refractivity contribution in [1.29, 1.82) is 0 Å². The van der Waals surface area contributed by atoms with E-state index in [0.717, 1.165) is 10.0 Å². The van der Waals surface area contributed by atoms with Crippen LogP contribution in [0.5, 0.6) is 5.75 Å². The van der Waals surface area contributed by atoms with Crippen molar-refractivity contribution in [2.45, 2.75) is 6.92 Å². The number of hydrogen-bond acceptors (Lipinski definition) is 6. The summed E-state index contributed by atoms with van der Waals surface area (Å²) in [5.74, 6) is -1.29. The number of halogens is 2. The van der Waals surface area contributed by atoms with Crippen LogP contribution in [0.1, 0.15) is 11.1 Å². The number of benzene rings is 2. The number of carbonyl (C=O) groups excluding carboxylic acids is 2. The normalized spacial score (nSPS) is 15.4. The smallest absolute Gasteiger partial charge is 0.312 e. The third-order valence-electron chi connectivity index (χ3n) is 4.26. The molecule has 1 saturated heterocycles. The van der Waals surface area contributed by atoms with E-state index in [0.29, 0.717) is 10.2 Å². The topological polar surface area (TPSA) is 102 Å². The second kappa shape index (κ2) is 8.62. The number of nitro benzene ring substituents is 1. The first-order valence-corrected chi connectivity index (χ1v) is 10.3. The lowest BCUT2D eigenvalue weighted by molar-refractivity contribution is -0.385. The van der Waals surface area contributed by atoms with Crippen molar-refractivity contribution < 1.29 is 19.2 Å². The first kappa shape index (κ1) is 22.1. The van der Waals surface area contributed by atoms with E-state index in [4.69, 9.17) is 17.0 Å². The van der Waals surface area contributed by atoms with Crippen LogP contribution in [0.25, 0.3) is 6.08 Å². The van der Waals surface area contributed by atoms with Crippen LogP contribution in [0.2, 0.25) is 0 Å². The van der Waals surface area contributed by atoms with Gasteiger partial charge in [0.1, 0.15) is 5.57 Å². The van der Waals surface area contributed by atoms with Crippen LogP contribution < -0.4 is 15.0 Å². The van der Waals surface area contributed by atoms with Gasteiger partial charge in [0.15, 0.2) is 5.11 Å². The third kappa shape index (κ3) is 4.13. The van der Waals surface area contributed by atoms with Crippen molar-refractivity contribution in [3.05, 3.63) is 66.1 Å². The average Bonchev–Trinajstić information content (AvgIpc) is 2.66. The molecule has 0 bridgehead atoms. The molecule has 1 aliphatic heterocycles. The highest BCUT2D eigenvalue weighted by Gasteiger charge is 2.35. The zero-order valence-electron chi connectivity index (χ0n) is 15.6. The molecule has 30 heavy (non-hydrogen) atoms. The van der Waals surface area contributed by atoms with Gasteiger partial charge in [-0.15, -0.1) is 0 Å². The number of nitrogens with one attached hydrogen (secondary N) is 1. The molecule has 2 aromatic carbocycles. The molecule has 0 aromatic heterocycles. The SMILES string of the molecule is COc1c(Br)cc(/C=C2\C(=O)NC(=S)N(c3ccc(Br)cc3C)C2=O)cc1[N+](=O)[O-]. The summed E-state index contributed by atoms with van der Waals surface area (Å²) in [4.78, 5) is 37.6. The molecule has 0 spiro atoms. The number of amides is 2. The molecule has 0 atom stereocenters. The third-order valence-corrected chi connectivity index (χ3v) is 5.63.